The first-order valence-corrected chi connectivity index (χ1v) is 49.6. The molecule has 0 aliphatic carbocycles. The number of carbonyl (C=O) groups excluding carboxylic acids is 8. The molecule has 0 radical (unpaired) electrons. The highest BCUT2D eigenvalue weighted by atomic mass is 32.1. The maximum absolute atomic E-state index is 15.1. The first-order chi connectivity index (χ1) is 66.5. The second kappa shape index (κ2) is 48.4. The van der Waals surface area contributed by atoms with Gasteiger partial charge in [0.15, 0.2) is 11.6 Å². The Kier molecular flexibility index (Phi) is 35.7. The summed E-state index contributed by atoms with van der Waals surface area (Å²) in [5.74, 6) is -0.691. The number of benzene rings is 4. The van der Waals surface area contributed by atoms with E-state index in [0.29, 0.717) is 66.1 Å². The van der Waals surface area contributed by atoms with Gasteiger partial charge in [-0.1, -0.05) is 140 Å². The van der Waals surface area contributed by atoms with Gasteiger partial charge in [0.1, 0.15) is 48.1 Å². The molecule has 736 valence electrons. The van der Waals surface area contributed by atoms with E-state index in [1.807, 2.05) is 123 Å². The van der Waals surface area contributed by atoms with Gasteiger partial charge in [0.25, 0.3) is 0 Å². The number of nitrogens with two attached hydrogens (primary N) is 1. The zero-order chi connectivity index (χ0) is 97.4. The van der Waals surface area contributed by atoms with Gasteiger partial charge in [-0.2, -0.15) is 10.1 Å². The van der Waals surface area contributed by atoms with Crippen molar-refractivity contribution in [3.05, 3.63) is 185 Å². The van der Waals surface area contributed by atoms with E-state index in [1.54, 1.807) is 91.2 Å². The van der Waals surface area contributed by atoms with Gasteiger partial charge in [0, 0.05) is 131 Å². The van der Waals surface area contributed by atoms with Crippen molar-refractivity contribution in [2.24, 2.45) is 16.7 Å². The van der Waals surface area contributed by atoms with Crippen LogP contribution in [0.3, 0.4) is 0 Å². The molecule has 4 aromatic carbocycles. The van der Waals surface area contributed by atoms with Gasteiger partial charge in [-0.15, -0.1) is 32.9 Å². The number of aliphatic hydroxyl groups is 1. The lowest BCUT2D eigenvalue weighted by Crippen LogP contribution is -2.58. The predicted octanol–water partition coefficient (Wildman–Crippen LogP) is 10.8. The van der Waals surface area contributed by atoms with Crippen LogP contribution in [-0.2, 0) is 78.8 Å². The molecule has 14 rings (SSSR count). The number of likely N-dealkylation sites (tertiary alicyclic amines) is 4. The first kappa shape index (κ1) is 102. The van der Waals surface area contributed by atoms with Crippen LogP contribution < -0.4 is 42.0 Å². The van der Waals surface area contributed by atoms with Gasteiger partial charge in [-0.05, 0) is 140 Å². The number of rotatable bonds is 47. The molecule has 138 heavy (non-hydrogen) atoms. The Hall–Kier alpha value is -12.2. The molecule has 0 unspecified atom stereocenters. The van der Waals surface area contributed by atoms with Crippen molar-refractivity contribution < 1.29 is 77.4 Å². The number of β-amino-alcohol motifs (C(OH)–C–C–N with tert-alkyl or cyclic N) is 1. The summed E-state index contributed by atoms with van der Waals surface area (Å²) in [6.45, 7) is 20.1. The number of aryl methyl sites for hydroxylation is 1. The summed E-state index contributed by atoms with van der Waals surface area (Å²) in [5.41, 5.74) is 16.3. The number of nitrogen functional groups attached to an aromatic ring is 1. The SMILES string of the molecule is Cc1ncsc1-c1ccc(CNC(=O)[C@@H]2C[C@@H](OCc3ncsc3-c3ccc(CNC(=O)[C@@H]4C[C@@H](O)CN4C(=O)[C@@H](NC(=O)COCCOCCOCCNC(=O)CCCOc4cccc(N5C[C@H]6C[C@@H]5CN6/C=C/C(=O)c5ccccc5O)n4)C(C)(C)C)cc3)CN2C(=O)[C@@H](NC(=O)CCCCCCCN2CCC(Cn3cc(-c4cc(-c5ccccc5O)nnc4N)cn3)CC2)C(C)(C)C)cc1. The maximum atomic E-state index is 15.1. The molecule has 10 N–H and O–H groups in total. The average Bonchev–Trinajstić information content (AvgIpc) is 1.59. The van der Waals surface area contributed by atoms with E-state index in [4.69, 9.17) is 39.4 Å². The molecule has 5 aliphatic rings. The minimum absolute atomic E-state index is 0.0000122. The number of allylic oxidation sites excluding steroid dienone is 1. The summed E-state index contributed by atoms with van der Waals surface area (Å²) in [7, 11) is 0. The standard InChI is InChI=1S/C102H130N18O16S2/c1-66-92(137-64-107-66)70-31-27-67(28-32-70)54-106-98(129)83-51-76(61-120(83)100(131)94(101(2,3)4)111-89(126)24-11-9-8-10-16-39-115-40-35-69(36-41-115)56-117-57-72(55-109-117)79-52-80(113-114-96(79)103)77-19-12-14-21-84(77)122)136-62-81-93(138-65-108-81)71-33-29-68(30-34-71)53-105-97(128)82-50-75(121)60-119(82)99(130)95(102(5,6)7)112-90(127)63-134-48-47-133-46-45-132-44-38-104-88(125)25-18-43-135-91-26-17-23-87(110-91)118-59-73-49-74(118)58-116(73)42-37-86(124)78-20-13-15-22-85(78)123/h12-15,17,19-23,26-34,37,42,52,55,57,64-65,69,73-76,82-83,94-95,121-123H,8-11,16,18,24-25,35-36,38-41,43-51,53-54,56,58-63H2,1-7H3,(H2,103,114)(H,104,125)(H,105,128)(H,106,129)(H,111,126)(H,112,127)/b42-37+/t73-,74-,75-,76-,82+,83+,94-,95-/m1/s1. The Balaban J connectivity index is 0.476. The van der Waals surface area contributed by atoms with Crippen LogP contribution in [0, 0.1) is 23.7 Å². The number of carbonyl (C=O) groups is 8. The van der Waals surface area contributed by atoms with E-state index in [1.165, 1.54) is 28.4 Å². The fourth-order valence-electron chi connectivity index (χ4n) is 18.3. The molecule has 34 nitrogen and oxygen atoms in total. The van der Waals surface area contributed by atoms with E-state index in [-0.39, 0.29) is 157 Å². The van der Waals surface area contributed by atoms with Crippen LogP contribution in [-0.4, -0.2) is 264 Å². The van der Waals surface area contributed by atoms with Crippen LogP contribution in [0.15, 0.2) is 157 Å². The summed E-state index contributed by atoms with van der Waals surface area (Å²) in [6, 6.07) is 33.1. The summed E-state index contributed by atoms with van der Waals surface area (Å²) in [5, 5.41) is 59.4. The van der Waals surface area contributed by atoms with E-state index in [2.05, 4.69) is 61.6 Å². The number of hydrogen-bond acceptors (Lipinski definition) is 28. The Morgan fingerprint density at radius 2 is 1.23 bits per heavy atom. The number of aliphatic hydroxyl groups excluding tert-OH is 1. The summed E-state index contributed by atoms with van der Waals surface area (Å²) < 4.78 is 31.4. The number of aromatic nitrogens is 7. The summed E-state index contributed by atoms with van der Waals surface area (Å²) >= 11 is 2.99. The molecule has 5 aliphatic heterocycles. The van der Waals surface area contributed by atoms with Crippen molar-refractivity contribution in [2.75, 3.05) is 109 Å². The molecular weight excluding hydrogens is 1800 g/mol. The molecule has 10 heterocycles. The number of nitrogens with one attached hydrogen (secondary N) is 5. The number of pyridine rings is 1. The Bertz CT molecular complexity index is 5640. The van der Waals surface area contributed by atoms with Crippen LogP contribution in [0.25, 0.3) is 43.3 Å². The number of piperidine rings is 1. The second-order valence-corrected chi connectivity index (χ2v) is 40.0. The van der Waals surface area contributed by atoms with Gasteiger partial charge in [-0.3, -0.25) is 43.0 Å². The van der Waals surface area contributed by atoms with Gasteiger partial charge in [-0.25, -0.2) is 9.97 Å². The van der Waals surface area contributed by atoms with Gasteiger partial charge in [0.2, 0.25) is 47.2 Å². The molecule has 36 heteroatoms. The molecule has 7 amide bonds. The van der Waals surface area contributed by atoms with Gasteiger partial charge in [0.05, 0.1) is 108 Å². The second-order valence-electron chi connectivity index (χ2n) is 38.3. The zero-order valence-corrected chi connectivity index (χ0v) is 81.4. The lowest BCUT2D eigenvalue weighted by Gasteiger charge is -2.35. The Morgan fingerprint density at radius 1 is 0.601 bits per heavy atom. The highest BCUT2D eigenvalue weighted by molar-refractivity contribution is 7.13. The maximum Gasteiger partial charge on any atom is 0.246 e. The van der Waals surface area contributed by atoms with Gasteiger partial charge >= 0.3 is 0 Å². The normalized spacial score (nSPS) is 18.4. The van der Waals surface area contributed by atoms with Gasteiger partial charge < -0.3 is 95.8 Å². The average molecular weight is 1930 g/mol. The van der Waals surface area contributed by atoms with Crippen LogP contribution in [0.5, 0.6) is 17.4 Å². The molecule has 9 aromatic rings. The van der Waals surface area contributed by atoms with Crippen LogP contribution in [0.2, 0.25) is 0 Å². The number of amides is 7. The highest BCUT2D eigenvalue weighted by Crippen LogP contribution is 2.39. The quantitative estimate of drug-likeness (QED) is 0.00972. The van der Waals surface area contributed by atoms with E-state index < -0.39 is 64.9 Å². The van der Waals surface area contributed by atoms with E-state index in [9.17, 15) is 48.9 Å². The third-order valence-electron chi connectivity index (χ3n) is 26.0. The van der Waals surface area contributed by atoms with Crippen molar-refractivity contribution in [3.8, 4) is 60.6 Å². The number of ketones is 1. The number of phenols is 2. The third kappa shape index (κ3) is 27.9. The molecule has 0 saturated carbocycles. The number of piperazine rings is 1. The number of hydrogen-bond donors (Lipinski definition) is 9. The number of unbranched alkanes of at least 4 members (excludes halogenated alkanes) is 4. The molecule has 0 spiro atoms. The summed E-state index contributed by atoms with van der Waals surface area (Å²) in [6.07, 6.45) is 14.5. The van der Waals surface area contributed by atoms with Crippen molar-refractivity contribution >= 4 is 81.4 Å². The smallest absolute Gasteiger partial charge is 0.246 e. The molecule has 5 saturated heterocycles. The number of aromatic hydroxyl groups is 2. The number of phenolic OH excluding ortho intramolecular Hbond substituents is 2. The lowest BCUT2D eigenvalue weighted by atomic mass is 9.85. The third-order valence-corrected chi connectivity index (χ3v) is 27.8. The number of fused-ring (bicyclic) bond motifs is 2. The van der Waals surface area contributed by atoms with Crippen molar-refractivity contribution in [2.45, 2.75) is 207 Å². The van der Waals surface area contributed by atoms with Crippen LogP contribution >= 0.6 is 22.7 Å². The molecule has 2 bridgehead atoms. The number of nitrogens with zero attached hydrogens (tertiary/aromatic N) is 12. The lowest BCUT2D eigenvalue weighted by molar-refractivity contribution is -0.144. The van der Waals surface area contributed by atoms with Crippen molar-refractivity contribution in [1.29, 1.82) is 0 Å². The topological polar surface area (TPSA) is 428 Å². The van der Waals surface area contributed by atoms with Crippen LogP contribution in [0.4, 0.5) is 11.6 Å². The summed E-state index contributed by atoms with van der Waals surface area (Å²) in [4.78, 5) is 136. The fourth-order valence-corrected chi connectivity index (χ4v) is 19.9. The number of anilines is 2. The van der Waals surface area contributed by atoms with Crippen molar-refractivity contribution in [3.63, 3.8) is 0 Å². The molecular formula is C102H130N18O16S2. The monoisotopic (exact) mass is 1930 g/mol. The first-order valence-electron chi connectivity index (χ1n) is 47.9. The zero-order valence-electron chi connectivity index (χ0n) is 79.7. The minimum atomic E-state index is -1.07. The molecule has 5 fully saturated rings. The molecule has 8 atom stereocenters. The number of ether oxygens (including phenoxy) is 5. The fraction of sp³-hybridized carbons (Fsp3) is 0.490. The Morgan fingerprint density at radius 3 is 1.91 bits per heavy atom. The van der Waals surface area contributed by atoms with Crippen LogP contribution in [0.1, 0.15) is 158 Å². The largest absolute Gasteiger partial charge is 0.507 e. The van der Waals surface area contributed by atoms with E-state index >= 15 is 4.79 Å². The predicted molar refractivity (Wildman–Crippen MR) is 525 cm³/mol. The van der Waals surface area contributed by atoms with E-state index in [0.717, 1.165) is 133 Å². The number of thiazole rings is 2. The molecule has 5 aromatic heterocycles. The highest BCUT2D eigenvalue weighted by Gasteiger charge is 2.48. The van der Waals surface area contributed by atoms with Crippen molar-refractivity contribution in [1.82, 2.24) is 81.1 Å². The minimum Gasteiger partial charge on any atom is -0.507 e. The number of para-hydroxylation sites is 2. The Labute approximate surface area is 813 Å².